The molecule has 0 radical (unpaired) electrons. The summed E-state index contributed by atoms with van der Waals surface area (Å²) < 4.78 is 9.41. The normalized spacial score (nSPS) is 13.8. The summed E-state index contributed by atoms with van der Waals surface area (Å²) >= 11 is 2.16. The molecule has 0 aromatic carbocycles. The van der Waals surface area contributed by atoms with Gasteiger partial charge in [0.2, 0.25) is 0 Å². The average molecular weight is 431 g/mol. The van der Waals surface area contributed by atoms with Crippen LogP contribution in [0.2, 0.25) is 18.1 Å². The predicted octanol–water partition coefficient (Wildman–Crippen LogP) is 4.79. The molecule has 0 bridgehead atoms. The van der Waals surface area contributed by atoms with Crippen LogP contribution >= 0.6 is 22.6 Å². The molecule has 0 saturated carbocycles. The molecule has 22 heavy (non-hydrogen) atoms. The number of halogens is 1. The van der Waals surface area contributed by atoms with E-state index in [4.69, 9.17) is 4.43 Å². The first-order valence-corrected chi connectivity index (χ1v) is 11.6. The van der Waals surface area contributed by atoms with Crippen LogP contribution in [0.15, 0.2) is 18.5 Å². The molecule has 6 heteroatoms. The Morgan fingerprint density at radius 2 is 1.86 bits per heavy atom. The van der Waals surface area contributed by atoms with E-state index in [0.717, 1.165) is 14.9 Å². The number of hydrogen-bond acceptors (Lipinski definition) is 3. The van der Waals surface area contributed by atoms with Gasteiger partial charge < -0.3 is 8.99 Å². The highest BCUT2D eigenvalue weighted by Gasteiger charge is 2.38. The van der Waals surface area contributed by atoms with E-state index in [9.17, 15) is 0 Å². The fourth-order valence-corrected chi connectivity index (χ4v) is 3.54. The van der Waals surface area contributed by atoms with Crippen molar-refractivity contribution in [2.75, 3.05) is 6.61 Å². The Balaban J connectivity index is 2.28. The Hall–Kier alpha value is -0.473. The first kappa shape index (κ1) is 17.9. The van der Waals surface area contributed by atoms with E-state index in [2.05, 4.69) is 97.1 Å². The van der Waals surface area contributed by atoms with Crippen molar-refractivity contribution in [3.8, 4) is 0 Å². The maximum absolute atomic E-state index is 6.43. The quantitative estimate of drug-likeness (QED) is 0.397. The SMILES string of the molecule is CC(C)(CO[Si](C)(C)C(C)(C)C)n1ccc2cnc(I)nc21. The summed E-state index contributed by atoms with van der Waals surface area (Å²) in [7, 11) is -1.75. The lowest BCUT2D eigenvalue weighted by Gasteiger charge is -2.39. The summed E-state index contributed by atoms with van der Waals surface area (Å²) in [4.78, 5) is 8.85. The molecule has 0 N–H and O–H groups in total. The van der Waals surface area contributed by atoms with Crippen LogP contribution in [-0.4, -0.2) is 29.5 Å². The minimum atomic E-state index is -1.75. The zero-order valence-electron chi connectivity index (χ0n) is 14.6. The molecule has 0 aliphatic rings. The topological polar surface area (TPSA) is 39.9 Å². The van der Waals surface area contributed by atoms with Crippen molar-refractivity contribution in [3.63, 3.8) is 0 Å². The van der Waals surface area contributed by atoms with Gasteiger partial charge in [0.15, 0.2) is 12.1 Å². The van der Waals surface area contributed by atoms with Gasteiger partial charge in [-0.25, -0.2) is 9.97 Å². The number of fused-ring (bicyclic) bond motifs is 1. The summed E-state index contributed by atoms with van der Waals surface area (Å²) in [6.45, 7) is 16.5. The molecule has 0 aliphatic carbocycles. The molecule has 0 spiro atoms. The van der Waals surface area contributed by atoms with Crippen LogP contribution in [0.25, 0.3) is 11.0 Å². The second-order valence-electron chi connectivity index (χ2n) is 7.97. The molecule has 2 aromatic rings. The van der Waals surface area contributed by atoms with Gasteiger partial charge in [-0.05, 0) is 38.0 Å². The third kappa shape index (κ3) is 3.54. The van der Waals surface area contributed by atoms with Crippen molar-refractivity contribution in [1.82, 2.24) is 14.5 Å². The van der Waals surface area contributed by atoms with E-state index in [1.165, 1.54) is 0 Å². The van der Waals surface area contributed by atoms with Crippen LogP contribution in [0, 0.1) is 3.83 Å². The third-order valence-electron chi connectivity index (χ3n) is 4.64. The van der Waals surface area contributed by atoms with Crippen LogP contribution < -0.4 is 0 Å². The first-order chi connectivity index (χ1) is 9.94. The number of hydrogen-bond donors (Lipinski definition) is 0. The highest BCUT2D eigenvalue weighted by molar-refractivity contribution is 14.1. The molecule has 122 valence electrons. The van der Waals surface area contributed by atoms with E-state index in [1.54, 1.807) is 0 Å². The smallest absolute Gasteiger partial charge is 0.192 e. The van der Waals surface area contributed by atoms with Gasteiger partial charge in [0.25, 0.3) is 0 Å². The largest absolute Gasteiger partial charge is 0.414 e. The highest BCUT2D eigenvalue weighted by Crippen LogP contribution is 2.37. The van der Waals surface area contributed by atoms with E-state index in [-0.39, 0.29) is 10.6 Å². The fourth-order valence-electron chi connectivity index (χ4n) is 2.03. The predicted molar refractivity (Wildman–Crippen MR) is 103 cm³/mol. The average Bonchev–Trinajstić information content (AvgIpc) is 2.79. The molecule has 0 amide bonds. The number of aromatic nitrogens is 3. The maximum atomic E-state index is 6.43. The lowest BCUT2D eigenvalue weighted by molar-refractivity contribution is 0.172. The van der Waals surface area contributed by atoms with Crippen molar-refractivity contribution in [1.29, 1.82) is 0 Å². The van der Waals surface area contributed by atoms with Crippen molar-refractivity contribution < 1.29 is 4.43 Å². The molecule has 4 nitrogen and oxygen atoms in total. The van der Waals surface area contributed by atoms with Crippen molar-refractivity contribution in [2.45, 2.75) is 58.3 Å². The van der Waals surface area contributed by atoms with E-state index in [1.807, 2.05) is 6.20 Å². The van der Waals surface area contributed by atoms with Gasteiger partial charge in [0, 0.05) is 40.4 Å². The summed E-state index contributed by atoms with van der Waals surface area (Å²) in [5.74, 6) is 0. The number of nitrogens with zero attached hydrogens (tertiary/aromatic N) is 3. The molecular weight excluding hydrogens is 405 g/mol. The van der Waals surface area contributed by atoms with Gasteiger partial charge in [-0.15, -0.1) is 0 Å². The lowest BCUT2D eigenvalue weighted by atomic mass is 10.1. The Kier molecular flexibility index (Phi) is 4.77. The lowest BCUT2D eigenvalue weighted by Crippen LogP contribution is -2.45. The zero-order valence-corrected chi connectivity index (χ0v) is 17.7. The van der Waals surface area contributed by atoms with E-state index < -0.39 is 8.32 Å². The van der Waals surface area contributed by atoms with Crippen molar-refractivity contribution >= 4 is 41.9 Å². The molecule has 2 aromatic heterocycles. The third-order valence-corrected chi connectivity index (χ3v) is 9.64. The second-order valence-corrected chi connectivity index (χ2v) is 13.7. The van der Waals surface area contributed by atoms with Crippen LogP contribution in [0.3, 0.4) is 0 Å². The van der Waals surface area contributed by atoms with Gasteiger partial charge in [-0.3, -0.25) is 0 Å². The second kappa shape index (κ2) is 5.87. The van der Waals surface area contributed by atoms with Crippen molar-refractivity contribution in [2.24, 2.45) is 0 Å². The Morgan fingerprint density at radius 1 is 1.23 bits per heavy atom. The monoisotopic (exact) mass is 431 g/mol. The van der Waals surface area contributed by atoms with Crippen LogP contribution in [0.4, 0.5) is 0 Å². The minimum absolute atomic E-state index is 0.144. The summed E-state index contributed by atoms with van der Waals surface area (Å²) in [6.07, 6.45) is 3.97. The molecule has 2 heterocycles. The van der Waals surface area contributed by atoms with Gasteiger partial charge >= 0.3 is 0 Å². The number of rotatable bonds is 4. The van der Waals surface area contributed by atoms with Gasteiger partial charge in [-0.2, -0.15) is 0 Å². The maximum Gasteiger partial charge on any atom is 0.192 e. The Labute approximate surface area is 148 Å². The molecule has 0 unspecified atom stereocenters. The summed E-state index contributed by atoms with van der Waals surface area (Å²) in [6, 6.07) is 2.07. The van der Waals surface area contributed by atoms with Gasteiger partial charge in [0.05, 0.1) is 12.1 Å². The fraction of sp³-hybridized carbons (Fsp3) is 0.625. The van der Waals surface area contributed by atoms with E-state index >= 15 is 0 Å². The van der Waals surface area contributed by atoms with Gasteiger partial charge in [0.1, 0.15) is 5.65 Å². The first-order valence-electron chi connectivity index (χ1n) is 7.58. The minimum Gasteiger partial charge on any atom is -0.414 e. The standard InChI is InChI=1S/C16H26IN3OSi/c1-15(2,3)22(6,7)21-11-16(4,5)20-9-8-12-10-18-14(17)19-13(12)20/h8-10H,11H2,1-7H3. The van der Waals surface area contributed by atoms with Crippen LogP contribution in [-0.2, 0) is 9.96 Å². The summed E-state index contributed by atoms with van der Waals surface area (Å²) in [5.41, 5.74) is 0.831. The zero-order chi connectivity index (χ0) is 16.8. The Bertz CT molecular complexity index is 674. The molecule has 2 rings (SSSR count). The molecule has 0 fully saturated rings. The van der Waals surface area contributed by atoms with Crippen LogP contribution in [0.1, 0.15) is 34.6 Å². The molecule has 0 aliphatic heterocycles. The van der Waals surface area contributed by atoms with Gasteiger partial charge in [-0.1, -0.05) is 20.8 Å². The molecular formula is C16H26IN3OSi. The van der Waals surface area contributed by atoms with E-state index in [0.29, 0.717) is 6.61 Å². The summed E-state index contributed by atoms with van der Waals surface area (Å²) in [5, 5.41) is 1.29. The molecule has 0 saturated heterocycles. The van der Waals surface area contributed by atoms with Crippen molar-refractivity contribution in [3.05, 3.63) is 22.3 Å². The molecule has 0 atom stereocenters. The Morgan fingerprint density at radius 3 is 2.45 bits per heavy atom. The van der Waals surface area contributed by atoms with Crippen LogP contribution in [0.5, 0.6) is 0 Å². The highest BCUT2D eigenvalue weighted by atomic mass is 127.